The maximum absolute atomic E-state index is 14.2. The van der Waals surface area contributed by atoms with Gasteiger partial charge in [0.15, 0.2) is 0 Å². The molecular formula is C22H21FN2O2. The van der Waals surface area contributed by atoms with Crippen molar-refractivity contribution >= 4 is 16.8 Å². The SMILES string of the molecule is Cc1c(F)cccc1[C@]1(C(=O)NO)CC[C@@H](c2ccc3ncccc3c2)C1. The molecule has 2 atom stereocenters. The van der Waals surface area contributed by atoms with Crippen LogP contribution in [0, 0.1) is 12.7 Å². The predicted molar refractivity (Wildman–Crippen MR) is 101 cm³/mol. The Bertz CT molecular complexity index is 1020. The second-order valence-electron chi connectivity index (χ2n) is 7.33. The molecule has 5 heteroatoms. The number of nitrogens with zero attached hydrogens (tertiary/aromatic N) is 1. The number of hydrogen-bond donors (Lipinski definition) is 2. The minimum absolute atomic E-state index is 0.148. The van der Waals surface area contributed by atoms with Crippen molar-refractivity contribution in [3.63, 3.8) is 0 Å². The van der Waals surface area contributed by atoms with Crippen molar-refractivity contribution in [2.45, 2.75) is 37.5 Å². The van der Waals surface area contributed by atoms with Crippen LogP contribution in [0.3, 0.4) is 0 Å². The maximum atomic E-state index is 14.2. The first-order chi connectivity index (χ1) is 13.0. The Balaban J connectivity index is 1.75. The topological polar surface area (TPSA) is 62.2 Å². The maximum Gasteiger partial charge on any atom is 0.254 e. The van der Waals surface area contributed by atoms with Gasteiger partial charge >= 0.3 is 0 Å². The Morgan fingerprint density at radius 1 is 1.26 bits per heavy atom. The summed E-state index contributed by atoms with van der Waals surface area (Å²) < 4.78 is 14.2. The molecule has 1 aliphatic carbocycles. The van der Waals surface area contributed by atoms with Crippen LogP contribution in [0.2, 0.25) is 0 Å². The van der Waals surface area contributed by atoms with Gasteiger partial charge in [0.25, 0.3) is 5.91 Å². The van der Waals surface area contributed by atoms with Crippen molar-refractivity contribution < 1.29 is 14.4 Å². The summed E-state index contributed by atoms with van der Waals surface area (Å²) in [6.07, 6.45) is 3.63. The van der Waals surface area contributed by atoms with E-state index in [0.717, 1.165) is 22.9 Å². The first-order valence-electron chi connectivity index (χ1n) is 9.10. The lowest BCUT2D eigenvalue weighted by molar-refractivity contribution is -0.135. The number of hydrogen-bond acceptors (Lipinski definition) is 3. The van der Waals surface area contributed by atoms with Crippen molar-refractivity contribution in [3.05, 3.63) is 77.2 Å². The monoisotopic (exact) mass is 364 g/mol. The number of hydroxylamine groups is 1. The zero-order valence-electron chi connectivity index (χ0n) is 15.1. The van der Waals surface area contributed by atoms with Gasteiger partial charge in [-0.25, -0.2) is 9.87 Å². The second-order valence-corrected chi connectivity index (χ2v) is 7.33. The number of carbonyl (C=O) groups excluding carboxylic acids is 1. The highest BCUT2D eigenvalue weighted by Crippen LogP contribution is 2.49. The third-order valence-electron chi connectivity index (χ3n) is 5.93. The first-order valence-corrected chi connectivity index (χ1v) is 9.10. The largest absolute Gasteiger partial charge is 0.289 e. The van der Waals surface area contributed by atoms with Gasteiger partial charge in [0.2, 0.25) is 0 Å². The number of halogens is 1. The minimum atomic E-state index is -0.935. The van der Waals surface area contributed by atoms with Crippen LogP contribution in [0.5, 0.6) is 0 Å². The average Bonchev–Trinajstić information content (AvgIpc) is 3.15. The molecule has 27 heavy (non-hydrogen) atoms. The van der Waals surface area contributed by atoms with Crippen LogP contribution in [0.1, 0.15) is 41.9 Å². The molecule has 1 amide bonds. The fourth-order valence-electron chi connectivity index (χ4n) is 4.48. The van der Waals surface area contributed by atoms with E-state index in [1.807, 2.05) is 29.7 Å². The number of aromatic nitrogens is 1. The molecule has 0 unspecified atom stereocenters. The summed E-state index contributed by atoms with van der Waals surface area (Å²) in [4.78, 5) is 17.0. The Labute approximate surface area is 157 Å². The van der Waals surface area contributed by atoms with Crippen LogP contribution >= 0.6 is 0 Å². The molecule has 1 heterocycles. The fourth-order valence-corrected chi connectivity index (χ4v) is 4.48. The number of fused-ring (bicyclic) bond motifs is 1. The van der Waals surface area contributed by atoms with Crippen LogP contribution in [-0.2, 0) is 10.2 Å². The van der Waals surface area contributed by atoms with Gasteiger partial charge in [0, 0.05) is 11.6 Å². The summed E-state index contributed by atoms with van der Waals surface area (Å²) in [6, 6.07) is 14.9. The van der Waals surface area contributed by atoms with Crippen LogP contribution in [0.25, 0.3) is 10.9 Å². The minimum Gasteiger partial charge on any atom is -0.289 e. The lowest BCUT2D eigenvalue weighted by Crippen LogP contribution is -2.42. The van der Waals surface area contributed by atoms with Crippen LogP contribution in [0.15, 0.2) is 54.7 Å². The molecule has 4 nitrogen and oxygen atoms in total. The highest BCUT2D eigenvalue weighted by atomic mass is 19.1. The van der Waals surface area contributed by atoms with Gasteiger partial charge in [-0.1, -0.05) is 24.3 Å². The number of benzene rings is 2. The van der Waals surface area contributed by atoms with E-state index < -0.39 is 11.3 Å². The van der Waals surface area contributed by atoms with Crippen molar-refractivity contribution in [3.8, 4) is 0 Å². The van der Waals surface area contributed by atoms with E-state index in [1.54, 1.807) is 25.3 Å². The number of amides is 1. The molecule has 0 bridgehead atoms. The summed E-state index contributed by atoms with van der Waals surface area (Å²) in [5, 5.41) is 10.4. The summed E-state index contributed by atoms with van der Waals surface area (Å²) in [5.74, 6) is -0.659. The number of carbonyl (C=O) groups is 1. The highest BCUT2D eigenvalue weighted by molar-refractivity contribution is 5.88. The van der Waals surface area contributed by atoms with E-state index in [1.165, 1.54) is 6.07 Å². The highest BCUT2D eigenvalue weighted by Gasteiger charge is 2.48. The average molecular weight is 364 g/mol. The van der Waals surface area contributed by atoms with Gasteiger partial charge < -0.3 is 0 Å². The molecule has 1 aliphatic rings. The predicted octanol–water partition coefficient (Wildman–Crippen LogP) is 4.39. The van der Waals surface area contributed by atoms with Gasteiger partial charge in [0.05, 0.1) is 10.9 Å². The summed E-state index contributed by atoms with van der Waals surface area (Å²) in [6.45, 7) is 1.69. The molecule has 1 saturated carbocycles. The Morgan fingerprint density at radius 3 is 2.93 bits per heavy atom. The zero-order valence-corrected chi connectivity index (χ0v) is 15.1. The molecular weight excluding hydrogens is 343 g/mol. The third-order valence-corrected chi connectivity index (χ3v) is 5.93. The van der Waals surface area contributed by atoms with Crippen LogP contribution < -0.4 is 5.48 Å². The van der Waals surface area contributed by atoms with E-state index in [-0.39, 0.29) is 11.7 Å². The van der Waals surface area contributed by atoms with Crippen molar-refractivity contribution in [2.24, 2.45) is 0 Å². The third kappa shape index (κ3) is 2.88. The van der Waals surface area contributed by atoms with E-state index in [9.17, 15) is 14.4 Å². The standard InChI is InChI=1S/C22H21FN2O2/c1-14-18(5-2-6-19(14)23)22(21(26)25-27)10-9-17(13-22)15-7-8-20-16(12-15)4-3-11-24-20/h2-8,11-12,17,27H,9-10,13H2,1H3,(H,25,26)/t17-,22+/m1/s1. The summed E-state index contributed by atoms with van der Waals surface area (Å²) in [7, 11) is 0. The number of nitrogens with one attached hydrogen (secondary N) is 1. The normalized spacial score (nSPS) is 22.1. The smallest absolute Gasteiger partial charge is 0.254 e. The van der Waals surface area contributed by atoms with Gasteiger partial charge in [0.1, 0.15) is 5.82 Å². The summed E-state index contributed by atoms with van der Waals surface area (Å²) >= 11 is 0. The Hall–Kier alpha value is -2.79. The van der Waals surface area contributed by atoms with Gasteiger partial charge in [-0.3, -0.25) is 15.0 Å². The Kier molecular flexibility index (Phi) is 4.40. The molecule has 0 saturated heterocycles. The van der Waals surface area contributed by atoms with Gasteiger partial charge in [-0.2, -0.15) is 0 Å². The molecule has 4 rings (SSSR count). The molecule has 138 valence electrons. The molecule has 1 fully saturated rings. The van der Waals surface area contributed by atoms with E-state index in [0.29, 0.717) is 24.0 Å². The molecule has 0 radical (unpaired) electrons. The van der Waals surface area contributed by atoms with E-state index in [2.05, 4.69) is 11.1 Å². The molecule has 0 aliphatic heterocycles. The van der Waals surface area contributed by atoms with Crippen molar-refractivity contribution in [1.82, 2.24) is 10.5 Å². The van der Waals surface area contributed by atoms with Crippen molar-refractivity contribution in [2.75, 3.05) is 0 Å². The van der Waals surface area contributed by atoms with Gasteiger partial charge in [-0.05, 0) is 73.1 Å². The molecule has 2 N–H and O–H groups in total. The number of rotatable bonds is 3. The van der Waals surface area contributed by atoms with Gasteiger partial charge in [-0.15, -0.1) is 0 Å². The lowest BCUT2D eigenvalue weighted by Gasteiger charge is -2.29. The first kappa shape index (κ1) is 17.6. The lowest BCUT2D eigenvalue weighted by atomic mass is 9.75. The van der Waals surface area contributed by atoms with Crippen LogP contribution in [-0.4, -0.2) is 16.1 Å². The zero-order chi connectivity index (χ0) is 19.0. The molecule has 1 aromatic heterocycles. The number of pyridine rings is 1. The van der Waals surface area contributed by atoms with E-state index >= 15 is 0 Å². The molecule has 0 spiro atoms. The quantitative estimate of drug-likeness (QED) is 0.535. The van der Waals surface area contributed by atoms with Crippen molar-refractivity contribution in [1.29, 1.82) is 0 Å². The van der Waals surface area contributed by atoms with Crippen LogP contribution in [0.4, 0.5) is 4.39 Å². The molecule has 2 aromatic carbocycles. The second kappa shape index (κ2) is 6.74. The fraction of sp³-hybridized carbons (Fsp3) is 0.273. The molecule has 3 aromatic rings. The van der Waals surface area contributed by atoms with E-state index in [4.69, 9.17) is 0 Å². The summed E-state index contributed by atoms with van der Waals surface area (Å²) in [5.41, 5.74) is 4.07. The Morgan fingerprint density at radius 2 is 2.11 bits per heavy atom.